The molecular weight excluding hydrogens is 355 g/mol. The molecule has 0 spiro atoms. The van der Waals surface area contributed by atoms with E-state index in [-0.39, 0.29) is 5.82 Å². The van der Waals surface area contributed by atoms with Gasteiger partial charge in [-0.25, -0.2) is 14.2 Å². The molecule has 4 nitrogen and oxygen atoms in total. The molecule has 0 N–H and O–H groups in total. The van der Waals surface area contributed by atoms with Crippen molar-refractivity contribution in [1.82, 2.24) is 9.55 Å². The molecule has 0 aliphatic carbocycles. The molecule has 0 atom stereocenters. The van der Waals surface area contributed by atoms with Crippen molar-refractivity contribution in [2.24, 2.45) is 0 Å². The summed E-state index contributed by atoms with van der Waals surface area (Å²) in [6.07, 6.45) is 10.9. The number of allylic oxidation sites excluding steroid dienone is 1. The highest BCUT2D eigenvalue weighted by Gasteiger charge is 2.17. The Morgan fingerprint density at radius 1 is 1.21 bits per heavy atom. The van der Waals surface area contributed by atoms with Crippen LogP contribution in [0.25, 0.3) is 17.0 Å². The predicted octanol–water partition coefficient (Wildman–Crippen LogP) is 5.60. The number of rotatable bonds is 8. The molecule has 28 heavy (non-hydrogen) atoms. The summed E-state index contributed by atoms with van der Waals surface area (Å²) in [4.78, 5) is 16.8. The molecule has 0 saturated heterocycles. The number of aromatic nitrogens is 2. The number of hydrogen-bond donors (Lipinski definition) is 0. The number of ether oxygens (including phenoxy) is 1. The minimum Gasteiger partial charge on any atom is -0.461 e. The van der Waals surface area contributed by atoms with Crippen molar-refractivity contribution in [3.8, 4) is 0 Å². The van der Waals surface area contributed by atoms with E-state index in [9.17, 15) is 9.18 Å². The first kappa shape index (κ1) is 19.8. The van der Waals surface area contributed by atoms with Gasteiger partial charge in [-0.15, -0.1) is 0 Å². The molecule has 0 saturated carbocycles. The fourth-order valence-electron chi connectivity index (χ4n) is 3.16. The summed E-state index contributed by atoms with van der Waals surface area (Å²) in [6.45, 7) is 4.84. The maximum absolute atomic E-state index is 13.2. The molecule has 2 heterocycles. The molecule has 0 unspecified atom stereocenters. The maximum atomic E-state index is 13.2. The summed E-state index contributed by atoms with van der Waals surface area (Å²) < 4.78 is 20.4. The Morgan fingerprint density at radius 3 is 2.71 bits per heavy atom. The van der Waals surface area contributed by atoms with Crippen molar-refractivity contribution in [2.45, 2.75) is 39.7 Å². The van der Waals surface area contributed by atoms with Gasteiger partial charge in [-0.1, -0.05) is 44.1 Å². The Morgan fingerprint density at radius 2 is 2.00 bits per heavy atom. The molecule has 0 bridgehead atoms. The van der Waals surface area contributed by atoms with Gasteiger partial charge in [0.15, 0.2) is 5.69 Å². The number of carbonyl (C=O) groups is 1. The first-order valence-electron chi connectivity index (χ1n) is 9.70. The van der Waals surface area contributed by atoms with Crippen molar-refractivity contribution in [2.75, 3.05) is 6.61 Å². The number of halogens is 1. The van der Waals surface area contributed by atoms with Crippen LogP contribution in [0.15, 0.2) is 48.8 Å². The lowest BCUT2D eigenvalue weighted by Gasteiger charge is -2.09. The van der Waals surface area contributed by atoms with Crippen LogP contribution in [-0.2, 0) is 11.3 Å². The highest BCUT2D eigenvalue weighted by molar-refractivity contribution is 6.00. The van der Waals surface area contributed by atoms with Crippen molar-refractivity contribution in [3.05, 3.63) is 71.4 Å². The van der Waals surface area contributed by atoms with Crippen LogP contribution < -0.4 is 0 Å². The zero-order valence-electron chi connectivity index (χ0n) is 16.3. The zero-order valence-corrected chi connectivity index (χ0v) is 16.3. The highest BCUT2D eigenvalue weighted by Crippen LogP contribution is 2.25. The lowest BCUT2D eigenvalue weighted by atomic mass is 10.1. The van der Waals surface area contributed by atoms with Gasteiger partial charge in [-0.3, -0.25) is 0 Å². The monoisotopic (exact) mass is 380 g/mol. The van der Waals surface area contributed by atoms with Gasteiger partial charge in [0.2, 0.25) is 0 Å². The van der Waals surface area contributed by atoms with E-state index in [4.69, 9.17) is 4.74 Å². The molecule has 3 aromatic rings. The van der Waals surface area contributed by atoms with Crippen LogP contribution in [-0.4, -0.2) is 22.1 Å². The van der Waals surface area contributed by atoms with Gasteiger partial charge in [-0.2, -0.15) is 0 Å². The molecule has 0 amide bonds. The Balaban J connectivity index is 2.00. The van der Waals surface area contributed by atoms with Crippen LogP contribution >= 0.6 is 0 Å². The average Bonchev–Trinajstić information content (AvgIpc) is 3.10. The second-order valence-electron chi connectivity index (χ2n) is 6.65. The van der Waals surface area contributed by atoms with Gasteiger partial charge >= 0.3 is 5.97 Å². The summed E-state index contributed by atoms with van der Waals surface area (Å²) in [7, 11) is 0. The topological polar surface area (TPSA) is 44.1 Å². The number of fused-ring (bicyclic) bond motifs is 1. The van der Waals surface area contributed by atoms with Crippen molar-refractivity contribution < 1.29 is 13.9 Å². The fourth-order valence-corrected chi connectivity index (χ4v) is 3.16. The fraction of sp³-hybridized carbons (Fsp3) is 0.304. The molecule has 0 aliphatic rings. The number of carbonyl (C=O) groups excluding carboxylic acids is 1. The van der Waals surface area contributed by atoms with Gasteiger partial charge in [0.1, 0.15) is 5.82 Å². The van der Waals surface area contributed by atoms with E-state index in [0.29, 0.717) is 18.8 Å². The third-order valence-electron chi connectivity index (χ3n) is 4.61. The van der Waals surface area contributed by atoms with Crippen LogP contribution in [0.5, 0.6) is 0 Å². The van der Waals surface area contributed by atoms with Crippen LogP contribution in [0.2, 0.25) is 0 Å². The first-order valence-corrected chi connectivity index (χ1v) is 9.70. The van der Waals surface area contributed by atoms with Gasteiger partial charge in [0.25, 0.3) is 0 Å². The molecule has 3 rings (SSSR count). The van der Waals surface area contributed by atoms with E-state index in [2.05, 4.69) is 18.0 Å². The summed E-state index contributed by atoms with van der Waals surface area (Å²) in [5.41, 5.74) is 3.03. The van der Waals surface area contributed by atoms with E-state index in [1.807, 2.05) is 22.9 Å². The minimum absolute atomic E-state index is 0.249. The van der Waals surface area contributed by atoms with Gasteiger partial charge in [0.05, 0.1) is 18.3 Å². The van der Waals surface area contributed by atoms with E-state index in [0.717, 1.165) is 41.3 Å². The molecular formula is C23H25FN2O2. The van der Waals surface area contributed by atoms with E-state index in [1.54, 1.807) is 25.3 Å². The summed E-state index contributed by atoms with van der Waals surface area (Å²) in [5.74, 6) is -0.660. The number of nitrogens with zero attached hydrogens (tertiary/aromatic N) is 2. The number of benzene rings is 1. The molecule has 0 fully saturated rings. The molecule has 0 radical (unpaired) electrons. The van der Waals surface area contributed by atoms with Crippen LogP contribution in [0.1, 0.15) is 54.7 Å². The van der Waals surface area contributed by atoms with Gasteiger partial charge in [-0.05, 0) is 37.1 Å². The quantitative estimate of drug-likeness (QED) is 0.377. The third kappa shape index (κ3) is 4.47. The molecule has 146 valence electrons. The normalized spacial score (nSPS) is 11.4. The standard InChI is InChI=1S/C23H25FN2O2/c1-3-5-6-7-8-20-19-13-14-26(16-17-9-11-18(24)12-10-17)21(19)15-25-22(20)23(27)28-4-2/h7-15H,3-6,16H2,1-2H3/b8-7+. The number of unbranched alkanes of at least 4 members (excludes halogenated alkanes) is 2. The summed E-state index contributed by atoms with van der Waals surface area (Å²) in [6, 6.07) is 8.45. The van der Waals surface area contributed by atoms with Crippen LogP contribution in [0.3, 0.4) is 0 Å². The Kier molecular flexibility index (Phi) is 6.58. The number of pyridine rings is 1. The average molecular weight is 380 g/mol. The summed E-state index contributed by atoms with van der Waals surface area (Å²) >= 11 is 0. The zero-order chi connectivity index (χ0) is 19.9. The Hall–Kier alpha value is -2.95. The maximum Gasteiger partial charge on any atom is 0.357 e. The van der Waals surface area contributed by atoms with Gasteiger partial charge in [0, 0.05) is 23.7 Å². The van der Waals surface area contributed by atoms with E-state index < -0.39 is 5.97 Å². The summed E-state index contributed by atoms with van der Waals surface area (Å²) in [5, 5.41) is 0.952. The van der Waals surface area contributed by atoms with Crippen LogP contribution in [0, 0.1) is 5.82 Å². The first-order chi connectivity index (χ1) is 13.6. The molecule has 2 aromatic heterocycles. The number of hydrogen-bond acceptors (Lipinski definition) is 3. The van der Waals surface area contributed by atoms with Gasteiger partial charge < -0.3 is 9.30 Å². The molecule has 5 heteroatoms. The van der Waals surface area contributed by atoms with Crippen LogP contribution in [0.4, 0.5) is 4.39 Å². The Labute approximate surface area is 164 Å². The minimum atomic E-state index is -0.411. The third-order valence-corrected chi connectivity index (χ3v) is 4.61. The predicted molar refractivity (Wildman–Crippen MR) is 110 cm³/mol. The second kappa shape index (κ2) is 9.31. The number of esters is 1. The van der Waals surface area contributed by atoms with E-state index in [1.165, 1.54) is 12.1 Å². The molecule has 0 aliphatic heterocycles. The molecule has 1 aromatic carbocycles. The largest absolute Gasteiger partial charge is 0.461 e. The lowest BCUT2D eigenvalue weighted by Crippen LogP contribution is -2.10. The van der Waals surface area contributed by atoms with Crippen molar-refractivity contribution >= 4 is 22.9 Å². The second-order valence-corrected chi connectivity index (χ2v) is 6.65. The Bertz CT molecular complexity index is 974. The van der Waals surface area contributed by atoms with E-state index >= 15 is 0 Å². The van der Waals surface area contributed by atoms with Crippen molar-refractivity contribution in [1.29, 1.82) is 0 Å². The van der Waals surface area contributed by atoms with Crippen molar-refractivity contribution in [3.63, 3.8) is 0 Å². The smallest absolute Gasteiger partial charge is 0.357 e. The SMILES string of the molecule is CCCC/C=C/c1c(C(=O)OCC)ncc2c1ccn2Cc1ccc(F)cc1. The lowest BCUT2D eigenvalue weighted by molar-refractivity contribution is 0.0519. The highest BCUT2D eigenvalue weighted by atomic mass is 19.1.